The van der Waals surface area contributed by atoms with Crippen LogP contribution in [0.2, 0.25) is 5.02 Å². The van der Waals surface area contributed by atoms with Gasteiger partial charge in [-0.15, -0.1) is 0 Å². The summed E-state index contributed by atoms with van der Waals surface area (Å²) < 4.78 is 8.26. The molecule has 3 nitrogen and oxygen atoms in total. The van der Waals surface area contributed by atoms with Crippen LogP contribution < -0.4 is 0 Å². The predicted octanol–water partition coefficient (Wildman–Crippen LogP) is 5.29. The summed E-state index contributed by atoms with van der Waals surface area (Å²) in [6, 6.07) is 8.14. The van der Waals surface area contributed by atoms with Gasteiger partial charge in [-0.2, -0.15) is 0 Å². The highest BCUT2D eigenvalue weighted by Gasteiger charge is 2.29. The van der Waals surface area contributed by atoms with E-state index in [-0.39, 0.29) is 17.6 Å². The number of imidazole rings is 1. The van der Waals surface area contributed by atoms with Crippen LogP contribution in [0.15, 0.2) is 43.0 Å². The number of nitrogens with zero attached hydrogens (tertiary/aromatic N) is 2. The van der Waals surface area contributed by atoms with Crippen LogP contribution in [-0.4, -0.2) is 16.2 Å². The molecule has 1 heterocycles. The van der Waals surface area contributed by atoms with Gasteiger partial charge in [0.25, 0.3) is 0 Å². The van der Waals surface area contributed by atoms with Gasteiger partial charge < -0.3 is 9.30 Å². The molecule has 1 aromatic carbocycles. The summed E-state index contributed by atoms with van der Waals surface area (Å²) in [4.78, 5) is 4.21. The lowest BCUT2D eigenvalue weighted by atomic mass is 9.84. The van der Waals surface area contributed by atoms with Gasteiger partial charge in [-0.05, 0) is 36.5 Å². The van der Waals surface area contributed by atoms with E-state index in [0.29, 0.717) is 6.61 Å². The largest absolute Gasteiger partial charge is 0.372 e. The highest BCUT2D eigenvalue weighted by Crippen LogP contribution is 2.38. The minimum Gasteiger partial charge on any atom is -0.372 e. The van der Waals surface area contributed by atoms with Crippen molar-refractivity contribution < 1.29 is 4.74 Å². The number of halogens is 1. The fraction of sp³-hybridized carbons (Fsp3) is 0.500. The maximum Gasteiger partial charge on any atom is 0.103 e. The predicted molar refractivity (Wildman–Crippen MR) is 91.2 cm³/mol. The minimum absolute atomic E-state index is 0.0179. The Kier molecular flexibility index (Phi) is 5.65. The average molecular weight is 321 g/mol. The first kappa shape index (κ1) is 17.0. The summed E-state index contributed by atoms with van der Waals surface area (Å²) in [5.41, 5.74) is 1.34. The standard InChI is InChI=1S/C18H25ClN2O/c1-5-22-17(14-6-8-15(19)9-7-14)16(12-18(2,3)4)21-11-10-20-13-21/h6-11,13,16-17H,5,12H2,1-4H3. The quantitative estimate of drug-likeness (QED) is 0.723. The number of benzene rings is 1. The van der Waals surface area contributed by atoms with Crippen LogP contribution in [-0.2, 0) is 4.74 Å². The van der Waals surface area contributed by atoms with Crippen LogP contribution in [0.1, 0.15) is 51.8 Å². The van der Waals surface area contributed by atoms with Crippen molar-refractivity contribution in [2.75, 3.05) is 6.61 Å². The zero-order valence-electron chi connectivity index (χ0n) is 13.8. The molecule has 4 heteroatoms. The number of rotatable bonds is 6. The van der Waals surface area contributed by atoms with E-state index in [1.54, 1.807) is 0 Å². The van der Waals surface area contributed by atoms with E-state index in [4.69, 9.17) is 16.3 Å². The molecule has 0 radical (unpaired) electrons. The summed E-state index contributed by atoms with van der Waals surface area (Å²) in [5.74, 6) is 0. The third-order valence-corrected chi connectivity index (χ3v) is 3.88. The van der Waals surface area contributed by atoms with Crippen molar-refractivity contribution in [3.63, 3.8) is 0 Å². The lowest BCUT2D eigenvalue weighted by Crippen LogP contribution is -2.24. The van der Waals surface area contributed by atoms with Gasteiger partial charge in [-0.25, -0.2) is 4.98 Å². The van der Waals surface area contributed by atoms with E-state index >= 15 is 0 Å². The lowest BCUT2D eigenvalue weighted by molar-refractivity contribution is 0.00957. The smallest absolute Gasteiger partial charge is 0.103 e. The van der Waals surface area contributed by atoms with Crippen LogP contribution in [0.3, 0.4) is 0 Å². The number of aromatic nitrogens is 2. The third kappa shape index (κ3) is 4.59. The SMILES string of the molecule is CCOC(c1ccc(Cl)cc1)C(CC(C)(C)C)n1ccnc1. The molecule has 1 aromatic heterocycles. The molecule has 2 atom stereocenters. The van der Waals surface area contributed by atoms with Crippen molar-refractivity contribution in [2.45, 2.75) is 46.3 Å². The normalized spacial score (nSPS) is 14.8. The zero-order chi connectivity index (χ0) is 16.2. The minimum atomic E-state index is -0.0179. The molecule has 0 saturated heterocycles. The van der Waals surface area contributed by atoms with Gasteiger partial charge in [-0.1, -0.05) is 44.5 Å². The molecule has 0 saturated carbocycles. The van der Waals surface area contributed by atoms with Gasteiger partial charge in [-0.3, -0.25) is 0 Å². The Hall–Kier alpha value is -1.32. The Morgan fingerprint density at radius 2 is 1.91 bits per heavy atom. The van der Waals surface area contributed by atoms with Crippen LogP contribution in [0.5, 0.6) is 0 Å². The summed E-state index contributed by atoms with van der Waals surface area (Å²) in [7, 11) is 0. The van der Waals surface area contributed by atoms with E-state index in [1.807, 2.05) is 37.8 Å². The molecule has 0 N–H and O–H groups in total. The van der Waals surface area contributed by atoms with Crippen LogP contribution >= 0.6 is 11.6 Å². The van der Waals surface area contributed by atoms with Crippen LogP contribution in [0, 0.1) is 5.41 Å². The Morgan fingerprint density at radius 3 is 2.41 bits per heavy atom. The Labute approximate surface area is 138 Å². The molecule has 0 amide bonds. The summed E-state index contributed by atoms with van der Waals surface area (Å²) in [6.45, 7) is 9.46. The van der Waals surface area contributed by atoms with Crippen molar-refractivity contribution in [3.05, 3.63) is 53.6 Å². The first-order chi connectivity index (χ1) is 10.4. The molecule has 2 aromatic rings. The van der Waals surface area contributed by atoms with Gasteiger partial charge in [0.05, 0.1) is 12.4 Å². The van der Waals surface area contributed by atoms with E-state index in [2.05, 4.69) is 42.5 Å². The van der Waals surface area contributed by atoms with E-state index < -0.39 is 0 Å². The van der Waals surface area contributed by atoms with E-state index in [0.717, 1.165) is 17.0 Å². The second kappa shape index (κ2) is 7.30. The van der Waals surface area contributed by atoms with Crippen molar-refractivity contribution in [1.29, 1.82) is 0 Å². The van der Waals surface area contributed by atoms with Crippen LogP contribution in [0.25, 0.3) is 0 Å². The topological polar surface area (TPSA) is 27.1 Å². The Morgan fingerprint density at radius 1 is 1.23 bits per heavy atom. The highest BCUT2D eigenvalue weighted by molar-refractivity contribution is 6.30. The molecule has 0 fully saturated rings. The molecular weight excluding hydrogens is 296 g/mol. The van der Waals surface area contributed by atoms with E-state index in [1.165, 1.54) is 0 Å². The molecule has 120 valence electrons. The van der Waals surface area contributed by atoms with Gasteiger partial charge in [0.2, 0.25) is 0 Å². The molecule has 0 spiro atoms. The first-order valence-corrected chi connectivity index (χ1v) is 8.13. The summed E-state index contributed by atoms with van der Waals surface area (Å²) in [5, 5.41) is 0.744. The van der Waals surface area contributed by atoms with Crippen molar-refractivity contribution >= 4 is 11.6 Å². The van der Waals surface area contributed by atoms with Crippen molar-refractivity contribution in [3.8, 4) is 0 Å². The monoisotopic (exact) mass is 320 g/mol. The summed E-state index contributed by atoms with van der Waals surface area (Å²) in [6.07, 6.45) is 6.68. The number of hydrogen-bond acceptors (Lipinski definition) is 2. The maximum absolute atomic E-state index is 6.11. The Bertz CT molecular complexity index is 558. The lowest BCUT2D eigenvalue weighted by Gasteiger charge is -2.33. The average Bonchev–Trinajstić information content (AvgIpc) is 2.97. The summed E-state index contributed by atoms with van der Waals surface area (Å²) >= 11 is 6.02. The maximum atomic E-state index is 6.11. The fourth-order valence-corrected chi connectivity index (χ4v) is 2.85. The number of hydrogen-bond donors (Lipinski definition) is 0. The second-order valence-electron chi connectivity index (χ2n) is 6.77. The molecule has 0 aliphatic rings. The fourth-order valence-electron chi connectivity index (χ4n) is 2.72. The molecule has 0 aliphatic carbocycles. The van der Waals surface area contributed by atoms with Crippen LogP contribution in [0.4, 0.5) is 0 Å². The molecule has 22 heavy (non-hydrogen) atoms. The molecule has 2 unspecified atom stereocenters. The Balaban J connectivity index is 2.37. The molecule has 0 aliphatic heterocycles. The highest BCUT2D eigenvalue weighted by atomic mass is 35.5. The van der Waals surface area contributed by atoms with Gasteiger partial charge >= 0.3 is 0 Å². The van der Waals surface area contributed by atoms with Gasteiger partial charge in [0, 0.05) is 24.0 Å². The first-order valence-electron chi connectivity index (χ1n) is 7.75. The number of ether oxygens (including phenoxy) is 1. The molecular formula is C18H25ClN2O. The zero-order valence-corrected chi connectivity index (χ0v) is 14.5. The second-order valence-corrected chi connectivity index (χ2v) is 7.21. The van der Waals surface area contributed by atoms with Crippen molar-refractivity contribution in [1.82, 2.24) is 9.55 Å². The van der Waals surface area contributed by atoms with Gasteiger partial charge in [0.15, 0.2) is 0 Å². The third-order valence-electron chi connectivity index (χ3n) is 3.62. The molecule has 0 bridgehead atoms. The van der Waals surface area contributed by atoms with Gasteiger partial charge in [0.1, 0.15) is 6.10 Å². The molecule has 2 rings (SSSR count). The van der Waals surface area contributed by atoms with E-state index in [9.17, 15) is 0 Å². The van der Waals surface area contributed by atoms with Crippen molar-refractivity contribution in [2.24, 2.45) is 5.41 Å².